The molecule has 2 unspecified atom stereocenters. The molecule has 1 spiro atoms. The molecule has 72 valence electrons. The van der Waals surface area contributed by atoms with Crippen LogP contribution in [0.4, 0.5) is 0 Å². The van der Waals surface area contributed by atoms with Gasteiger partial charge in [0.1, 0.15) is 12.2 Å². The maximum atomic E-state index is 11.1. The second-order valence-electron chi connectivity index (χ2n) is 4.28. The van der Waals surface area contributed by atoms with Crippen molar-refractivity contribution in [2.75, 3.05) is 0 Å². The van der Waals surface area contributed by atoms with E-state index >= 15 is 0 Å². The van der Waals surface area contributed by atoms with Gasteiger partial charge in [-0.1, -0.05) is 6.92 Å². The summed E-state index contributed by atoms with van der Waals surface area (Å²) in [6, 6.07) is 0. The minimum absolute atomic E-state index is 0.0577. The number of carbonyl (C=O) groups is 1. The molecular formula is C9H12O4. The Balaban J connectivity index is 1.87. The molecule has 3 fully saturated rings. The summed E-state index contributed by atoms with van der Waals surface area (Å²) in [5.41, 5.74) is -0.591. The number of rotatable bonds is 2. The molecule has 13 heavy (non-hydrogen) atoms. The summed E-state index contributed by atoms with van der Waals surface area (Å²) in [7, 11) is 0. The molecule has 1 aliphatic carbocycles. The summed E-state index contributed by atoms with van der Waals surface area (Å²) in [6.45, 7) is 1.92. The van der Waals surface area contributed by atoms with Crippen LogP contribution in [0.1, 0.15) is 26.2 Å². The summed E-state index contributed by atoms with van der Waals surface area (Å²) < 4.78 is 10.7. The molecule has 2 heterocycles. The smallest absolute Gasteiger partial charge is 0.309 e. The van der Waals surface area contributed by atoms with E-state index in [1.54, 1.807) is 0 Å². The van der Waals surface area contributed by atoms with Crippen molar-refractivity contribution >= 4 is 5.97 Å². The molecule has 3 aliphatic rings. The van der Waals surface area contributed by atoms with E-state index in [1.807, 2.05) is 6.92 Å². The fraction of sp³-hybridized carbons (Fsp3) is 0.889. The van der Waals surface area contributed by atoms with Crippen LogP contribution in [-0.2, 0) is 14.3 Å². The minimum Gasteiger partial charge on any atom is -0.481 e. The lowest BCUT2D eigenvalue weighted by Gasteiger charge is -2.27. The van der Waals surface area contributed by atoms with Gasteiger partial charge in [-0.05, 0) is 19.3 Å². The topological polar surface area (TPSA) is 62.4 Å². The van der Waals surface area contributed by atoms with Gasteiger partial charge in [0.05, 0.1) is 5.41 Å². The van der Waals surface area contributed by atoms with Crippen LogP contribution in [0.2, 0.25) is 0 Å². The number of ether oxygens (including phenoxy) is 2. The Morgan fingerprint density at radius 3 is 2.38 bits per heavy atom. The zero-order valence-electron chi connectivity index (χ0n) is 7.45. The molecule has 3 rings (SSSR count). The Hall–Kier alpha value is -0.610. The standard InChI is InChI=1S/C9H12O4/c1-2-8(7(10)11)3-5-9(12-5)6(4-8)13-9/h5-6H,2-4H2,1H3,(H,10,11). The lowest BCUT2D eigenvalue weighted by molar-refractivity contribution is -0.151. The van der Waals surface area contributed by atoms with E-state index in [1.165, 1.54) is 0 Å². The zero-order valence-corrected chi connectivity index (χ0v) is 7.45. The molecule has 1 saturated carbocycles. The maximum absolute atomic E-state index is 11.1. The Morgan fingerprint density at radius 1 is 1.46 bits per heavy atom. The normalized spacial score (nSPS) is 56.4. The van der Waals surface area contributed by atoms with Crippen molar-refractivity contribution < 1.29 is 19.4 Å². The highest BCUT2D eigenvalue weighted by atomic mass is 16.9. The Labute approximate surface area is 75.8 Å². The molecule has 4 nitrogen and oxygen atoms in total. The second-order valence-corrected chi connectivity index (χ2v) is 4.28. The molecule has 0 aromatic carbocycles. The molecule has 1 N–H and O–H groups in total. The molecule has 2 aliphatic heterocycles. The zero-order chi connectivity index (χ0) is 9.27. The van der Waals surface area contributed by atoms with Crippen LogP contribution in [0, 0.1) is 5.41 Å². The lowest BCUT2D eigenvalue weighted by Crippen LogP contribution is -2.37. The maximum Gasteiger partial charge on any atom is 0.309 e. The fourth-order valence-corrected chi connectivity index (χ4v) is 2.54. The quantitative estimate of drug-likeness (QED) is 0.643. The first-order valence-electron chi connectivity index (χ1n) is 4.72. The number of hydrogen-bond acceptors (Lipinski definition) is 3. The van der Waals surface area contributed by atoms with Crippen LogP contribution < -0.4 is 0 Å². The van der Waals surface area contributed by atoms with Crippen LogP contribution in [0.15, 0.2) is 0 Å². The van der Waals surface area contributed by atoms with E-state index in [0.29, 0.717) is 19.3 Å². The van der Waals surface area contributed by atoms with Crippen molar-refractivity contribution in [3.8, 4) is 0 Å². The first-order chi connectivity index (χ1) is 6.13. The SMILES string of the molecule is CCC1(C(=O)O)CC2OC23OC3C1. The number of aliphatic carboxylic acids is 1. The predicted molar refractivity (Wildman–Crippen MR) is 42.1 cm³/mol. The van der Waals surface area contributed by atoms with E-state index in [-0.39, 0.29) is 18.0 Å². The van der Waals surface area contributed by atoms with Crippen molar-refractivity contribution in [1.29, 1.82) is 0 Å². The van der Waals surface area contributed by atoms with Crippen LogP contribution >= 0.6 is 0 Å². The van der Waals surface area contributed by atoms with Gasteiger partial charge in [-0.2, -0.15) is 0 Å². The first kappa shape index (κ1) is 7.76. The molecule has 0 aromatic heterocycles. The summed E-state index contributed by atoms with van der Waals surface area (Å²) in [6.07, 6.45) is 2.02. The van der Waals surface area contributed by atoms with Crippen molar-refractivity contribution in [3.05, 3.63) is 0 Å². The molecule has 0 amide bonds. The van der Waals surface area contributed by atoms with Gasteiger partial charge in [0.2, 0.25) is 5.79 Å². The Kier molecular flexibility index (Phi) is 1.14. The molecule has 0 aromatic rings. The highest BCUT2D eigenvalue weighted by Crippen LogP contribution is 2.66. The number of hydrogen-bond donors (Lipinski definition) is 1. The monoisotopic (exact) mass is 184 g/mol. The van der Waals surface area contributed by atoms with Crippen molar-refractivity contribution in [3.63, 3.8) is 0 Å². The van der Waals surface area contributed by atoms with Crippen LogP contribution in [0.5, 0.6) is 0 Å². The number of carboxylic acids is 1. The molecule has 2 atom stereocenters. The van der Waals surface area contributed by atoms with Gasteiger partial charge in [0.15, 0.2) is 0 Å². The van der Waals surface area contributed by atoms with E-state index in [2.05, 4.69) is 0 Å². The van der Waals surface area contributed by atoms with E-state index in [0.717, 1.165) is 0 Å². The van der Waals surface area contributed by atoms with Gasteiger partial charge >= 0.3 is 5.97 Å². The van der Waals surface area contributed by atoms with Gasteiger partial charge < -0.3 is 14.6 Å². The molecule has 2 saturated heterocycles. The Bertz CT molecular complexity index is 267. The van der Waals surface area contributed by atoms with Crippen molar-refractivity contribution in [2.24, 2.45) is 5.41 Å². The highest BCUT2D eigenvalue weighted by molar-refractivity contribution is 5.75. The lowest BCUT2D eigenvalue weighted by atomic mass is 9.72. The predicted octanol–water partition coefficient (Wildman–Crippen LogP) is 0.755. The van der Waals surface area contributed by atoms with E-state index in [9.17, 15) is 4.79 Å². The van der Waals surface area contributed by atoms with Gasteiger partial charge in [-0.15, -0.1) is 0 Å². The fourth-order valence-electron chi connectivity index (χ4n) is 2.54. The van der Waals surface area contributed by atoms with Crippen LogP contribution in [-0.4, -0.2) is 29.1 Å². The second kappa shape index (κ2) is 1.91. The van der Waals surface area contributed by atoms with Gasteiger partial charge in [-0.25, -0.2) is 0 Å². The molecule has 0 radical (unpaired) electrons. The Morgan fingerprint density at radius 2 is 2.00 bits per heavy atom. The summed E-state index contributed by atoms with van der Waals surface area (Å²) >= 11 is 0. The average molecular weight is 184 g/mol. The molecule has 4 heteroatoms. The van der Waals surface area contributed by atoms with E-state index in [4.69, 9.17) is 14.6 Å². The summed E-state index contributed by atoms with van der Waals surface area (Å²) in [5, 5.41) is 9.15. The third-order valence-corrected chi connectivity index (χ3v) is 3.72. The van der Waals surface area contributed by atoms with Gasteiger partial charge in [-0.3, -0.25) is 4.79 Å². The summed E-state index contributed by atoms with van der Waals surface area (Å²) in [5.74, 6) is -1.01. The number of carboxylic acid groups (broad SMARTS) is 1. The largest absolute Gasteiger partial charge is 0.481 e. The molecule has 0 bridgehead atoms. The van der Waals surface area contributed by atoms with E-state index < -0.39 is 11.4 Å². The van der Waals surface area contributed by atoms with Crippen molar-refractivity contribution in [1.82, 2.24) is 0 Å². The van der Waals surface area contributed by atoms with Gasteiger partial charge in [0, 0.05) is 0 Å². The molecular weight excluding hydrogens is 172 g/mol. The van der Waals surface area contributed by atoms with Crippen LogP contribution in [0.25, 0.3) is 0 Å². The van der Waals surface area contributed by atoms with Gasteiger partial charge in [0.25, 0.3) is 0 Å². The van der Waals surface area contributed by atoms with Crippen molar-refractivity contribution in [2.45, 2.75) is 44.2 Å². The first-order valence-corrected chi connectivity index (χ1v) is 4.72. The summed E-state index contributed by atoms with van der Waals surface area (Å²) in [4.78, 5) is 11.1. The highest BCUT2D eigenvalue weighted by Gasteiger charge is 2.81. The minimum atomic E-state index is -0.699. The van der Waals surface area contributed by atoms with Crippen LogP contribution in [0.3, 0.4) is 0 Å². The third kappa shape index (κ3) is 0.758. The third-order valence-electron chi connectivity index (χ3n) is 3.72. The average Bonchev–Trinajstić information content (AvgIpc) is 2.90. The number of epoxide rings is 2.